The molecule has 0 fully saturated rings. The molecule has 3 rings (SSSR count). The summed E-state index contributed by atoms with van der Waals surface area (Å²) in [6.45, 7) is 0. The third-order valence-corrected chi connectivity index (χ3v) is 3.60. The minimum Gasteiger partial charge on any atom is -0.494 e. The molecule has 1 heterocycles. The van der Waals surface area contributed by atoms with Crippen molar-refractivity contribution in [2.45, 2.75) is 19.3 Å². The van der Waals surface area contributed by atoms with Crippen LogP contribution in [0.5, 0.6) is 5.88 Å². The molecule has 0 aliphatic heterocycles. The number of hydrogen-bond donors (Lipinski definition) is 1. The highest BCUT2D eigenvalue weighted by Gasteiger charge is 2.20. The first-order valence-corrected chi connectivity index (χ1v) is 6.38. The van der Waals surface area contributed by atoms with Gasteiger partial charge in [0.1, 0.15) is 5.82 Å². The van der Waals surface area contributed by atoms with E-state index in [0.717, 1.165) is 17.1 Å². The number of pyridine rings is 1. The van der Waals surface area contributed by atoms with E-state index in [1.54, 1.807) is 6.07 Å². The quantitative estimate of drug-likeness (QED) is 0.872. The van der Waals surface area contributed by atoms with Crippen LogP contribution in [0.1, 0.15) is 17.5 Å². The molecule has 1 aromatic carbocycles. The summed E-state index contributed by atoms with van der Waals surface area (Å²) in [6.07, 6.45) is 2.17. The van der Waals surface area contributed by atoms with Crippen LogP contribution in [-0.2, 0) is 12.8 Å². The van der Waals surface area contributed by atoms with Crippen molar-refractivity contribution in [3.63, 3.8) is 0 Å². The van der Waals surface area contributed by atoms with Crippen LogP contribution < -0.4 is 5.56 Å². The summed E-state index contributed by atoms with van der Waals surface area (Å²) in [7, 11) is 0. The van der Waals surface area contributed by atoms with Crippen molar-refractivity contribution >= 4 is 11.6 Å². The largest absolute Gasteiger partial charge is 0.494 e. The Balaban J connectivity index is 2.32. The first-order valence-electron chi connectivity index (χ1n) is 6.00. The number of hydrogen-bond acceptors (Lipinski definition) is 2. The van der Waals surface area contributed by atoms with Gasteiger partial charge in [0.25, 0.3) is 5.56 Å². The van der Waals surface area contributed by atoms with Gasteiger partial charge < -0.3 is 5.11 Å². The molecule has 0 radical (unpaired) electrons. The van der Waals surface area contributed by atoms with Gasteiger partial charge in [0.15, 0.2) is 0 Å². The topological polar surface area (TPSA) is 42.2 Å². The highest BCUT2D eigenvalue weighted by molar-refractivity contribution is 6.30. The number of fused-ring (bicyclic) bond motifs is 2. The van der Waals surface area contributed by atoms with Crippen LogP contribution in [0.25, 0.3) is 5.69 Å². The molecule has 3 nitrogen and oxygen atoms in total. The molecule has 0 amide bonds. The molecular formula is C14H11ClFNO2. The number of benzene rings is 1. The van der Waals surface area contributed by atoms with Crippen LogP contribution in [0.3, 0.4) is 0 Å². The summed E-state index contributed by atoms with van der Waals surface area (Å²) in [5.74, 6) is -0.816. The van der Waals surface area contributed by atoms with E-state index in [1.165, 1.54) is 12.1 Å². The Hall–Kier alpha value is -1.81. The van der Waals surface area contributed by atoms with Gasteiger partial charge in [-0.1, -0.05) is 11.6 Å². The molecule has 1 aliphatic rings. The monoisotopic (exact) mass is 279 g/mol. The fourth-order valence-corrected chi connectivity index (χ4v) is 2.60. The smallest absolute Gasteiger partial charge is 0.261 e. The zero-order valence-electron chi connectivity index (χ0n) is 9.99. The standard InChI is InChI=1S/C14H11ClFNO2/c15-10-4-5-12(11(16)7-10)17-13(18)8-2-1-3-9(6-8)14(17)19/h4-7,18H,1-3H2. The van der Waals surface area contributed by atoms with E-state index in [1.807, 2.05) is 0 Å². The summed E-state index contributed by atoms with van der Waals surface area (Å²) in [6, 6.07) is 5.71. The Morgan fingerprint density at radius 1 is 1.21 bits per heavy atom. The molecule has 19 heavy (non-hydrogen) atoms. The van der Waals surface area contributed by atoms with E-state index < -0.39 is 5.82 Å². The number of aromatic hydroxyl groups is 1. The van der Waals surface area contributed by atoms with Crippen molar-refractivity contribution in [3.05, 3.63) is 56.6 Å². The van der Waals surface area contributed by atoms with Gasteiger partial charge >= 0.3 is 0 Å². The third kappa shape index (κ3) is 1.92. The number of rotatable bonds is 1. The zero-order chi connectivity index (χ0) is 13.6. The van der Waals surface area contributed by atoms with Gasteiger partial charge in [-0.15, -0.1) is 0 Å². The summed E-state index contributed by atoms with van der Waals surface area (Å²) >= 11 is 5.70. The second-order valence-electron chi connectivity index (χ2n) is 4.61. The zero-order valence-corrected chi connectivity index (χ0v) is 10.7. The van der Waals surface area contributed by atoms with Gasteiger partial charge in [0.05, 0.1) is 5.69 Å². The molecule has 0 spiro atoms. The summed E-state index contributed by atoms with van der Waals surface area (Å²) in [4.78, 5) is 12.2. The van der Waals surface area contributed by atoms with Gasteiger partial charge in [-0.05, 0) is 43.5 Å². The number of aromatic nitrogens is 1. The Kier molecular flexibility index (Phi) is 2.82. The van der Waals surface area contributed by atoms with Crippen LogP contribution in [0, 0.1) is 5.82 Å². The van der Waals surface area contributed by atoms with E-state index in [9.17, 15) is 14.3 Å². The first-order chi connectivity index (χ1) is 9.08. The fraction of sp³-hybridized carbons (Fsp3) is 0.214. The van der Waals surface area contributed by atoms with E-state index in [4.69, 9.17) is 11.6 Å². The average Bonchev–Trinajstić information content (AvgIpc) is 2.40. The molecule has 0 unspecified atom stereocenters. The van der Waals surface area contributed by atoms with Crippen molar-refractivity contribution in [2.75, 3.05) is 0 Å². The number of halogens is 2. The molecule has 2 bridgehead atoms. The van der Waals surface area contributed by atoms with Gasteiger partial charge in [-0.2, -0.15) is 0 Å². The van der Waals surface area contributed by atoms with Gasteiger partial charge in [-0.3, -0.25) is 4.79 Å². The van der Waals surface area contributed by atoms with Crippen molar-refractivity contribution in [2.24, 2.45) is 0 Å². The van der Waals surface area contributed by atoms with Crippen LogP contribution >= 0.6 is 11.6 Å². The minimum absolute atomic E-state index is 0.0249. The Bertz CT molecular complexity index is 724. The lowest BCUT2D eigenvalue weighted by molar-refractivity contribution is 0.420. The molecule has 0 saturated carbocycles. The Morgan fingerprint density at radius 2 is 1.95 bits per heavy atom. The predicted molar refractivity (Wildman–Crippen MR) is 70.7 cm³/mol. The van der Waals surface area contributed by atoms with Gasteiger partial charge in [-0.25, -0.2) is 8.96 Å². The van der Waals surface area contributed by atoms with Crippen LogP contribution in [0.4, 0.5) is 4.39 Å². The van der Waals surface area contributed by atoms with Crippen molar-refractivity contribution in [3.8, 4) is 11.6 Å². The van der Waals surface area contributed by atoms with Gasteiger partial charge in [0.2, 0.25) is 5.88 Å². The average molecular weight is 280 g/mol. The lowest BCUT2D eigenvalue weighted by Gasteiger charge is -2.18. The summed E-state index contributed by atoms with van der Waals surface area (Å²) < 4.78 is 14.9. The van der Waals surface area contributed by atoms with Crippen LogP contribution in [-0.4, -0.2) is 9.67 Å². The van der Waals surface area contributed by atoms with E-state index in [0.29, 0.717) is 24.0 Å². The molecule has 5 heteroatoms. The van der Waals surface area contributed by atoms with E-state index in [2.05, 4.69) is 0 Å². The highest BCUT2D eigenvalue weighted by atomic mass is 35.5. The summed E-state index contributed by atoms with van der Waals surface area (Å²) in [5.41, 5.74) is 0.933. The van der Waals surface area contributed by atoms with Crippen molar-refractivity contribution in [1.82, 2.24) is 4.57 Å². The molecule has 0 saturated heterocycles. The third-order valence-electron chi connectivity index (χ3n) is 3.37. The first kappa shape index (κ1) is 12.2. The SMILES string of the molecule is O=c1c2cc(c(O)n1-c1ccc(Cl)cc1F)CCC2. The second-order valence-corrected chi connectivity index (χ2v) is 5.04. The molecule has 1 N–H and O–H groups in total. The van der Waals surface area contributed by atoms with E-state index >= 15 is 0 Å². The van der Waals surface area contributed by atoms with Crippen molar-refractivity contribution in [1.29, 1.82) is 0 Å². The minimum atomic E-state index is -0.631. The normalized spacial score (nSPS) is 13.6. The highest BCUT2D eigenvalue weighted by Crippen LogP contribution is 2.27. The van der Waals surface area contributed by atoms with Crippen LogP contribution in [0.2, 0.25) is 5.02 Å². The maximum Gasteiger partial charge on any atom is 0.261 e. The second kappa shape index (κ2) is 4.38. The molecular weight excluding hydrogens is 269 g/mol. The van der Waals surface area contributed by atoms with Gasteiger partial charge in [0, 0.05) is 16.1 Å². The fourth-order valence-electron chi connectivity index (χ4n) is 2.44. The maximum atomic E-state index is 13.9. The molecule has 0 atom stereocenters. The lowest BCUT2D eigenvalue weighted by Crippen LogP contribution is -2.26. The maximum absolute atomic E-state index is 13.9. The Labute approximate surface area is 113 Å². The Morgan fingerprint density at radius 3 is 2.68 bits per heavy atom. The summed E-state index contributed by atoms with van der Waals surface area (Å²) in [5, 5.41) is 10.4. The molecule has 98 valence electrons. The van der Waals surface area contributed by atoms with E-state index in [-0.39, 0.29) is 22.1 Å². The van der Waals surface area contributed by atoms with Crippen molar-refractivity contribution < 1.29 is 9.50 Å². The molecule has 1 aliphatic carbocycles. The molecule has 2 aromatic rings. The number of nitrogens with zero attached hydrogens (tertiary/aromatic N) is 1. The molecule has 1 aromatic heterocycles. The number of aryl methyl sites for hydroxylation is 2. The lowest BCUT2D eigenvalue weighted by atomic mass is 9.97. The van der Waals surface area contributed by atoms with Crippen LogP contribution in [0.15, 0.2) is 29.1 Å². The predicted octanol–water partition coefficient (Wildman–Crippen LogP) is 2.82.